The maximum Gasteiger partial charge on any atom is 0.305 e. The Morgan fingerprint density at radius 2 is 1.87 bits per heavy atom. The number of aliphatic hydroxyl groups excluding tert-OH is 2. The van der Waals surface area contributed by atoms with Gasteiger partial charge in [-0.1, -0.05) is 42.5 Å². The van der Waals surface area contributed by atoms with E-state index in [1.165, 1.54) is 14.2 Å². The number of nitrogens with one attached hydrogen (secondary N) is 1. The van der Waals surface area contributed by atoms with Crippen LogP contribution in [0.25, 0.3) is 0 Å². The predicted octanol–water partition coefficient (Wildman–Crippen LogP) is 3.31. The Hall–Kier alpha value is -1.50. The zero-order valence-corrected chi connectivity index (χ0v) is 19.4. The van der Waals surface area contributed by atoms with E-state index in [2.05, 4.69) is 9.82 Å². The van der Waals surface area contributed by atoms with Crippen LogP contribution in [0.5, 0.6) is 0 Å². The number of aliphatic hydroxyl groups is 2. The van der Waals surface area contributed by atoms with Crippen LogP contribution in [0.2, 0.25) is 0 Å². The number of aryl methyl sites for hydroxylation is 1. The van der Waals surface area contributed by atoms with Crippen molar-refractivity contribution < 1.29 is 28.8 Å². The minimum Gasteiger partial charge on any atom is -0.469 e. The van der Waals surface area contributed by atoms with Crippen molar-refractivity contribution in [1.29, 1.82) is 0 Å². The van der Waals surface area contributed by atoms with Gasteiger partial charge in [0.1, 0.15) is 0 Å². The highest BCUT2D eigenvalue weighted by atomic mass is 31.2. The number of carbonyl (C=O) groups excluding carboxylic acids is 1. The van der Waals surface area contributed by atoms with E-state index in [1.807, 2.05) is 42.5 Å². The monoisotopic (exact) mass is 453 g/mol. The van der Waals surface area contributed by atoms with Gasteiger partial charge in [-0.15, -0.1) is 0 Å². The van der Waals surface area contributed by atoms with E-state index in [-0.39, 0.29) is 17.8 Å². The van der Waals surface area contributed by atoms with E-state index in [9.17, 15) is 19.6 Å². The summed E-state index contributed by atoms with van der Waals surface area (Å²) in [6.45, 7) is 0.318. The molecule has 0 aliphatic heterocycles. The van der Waals surface area contributed by atoms with Gasteiger partial charge in [0.05, 0.1) is 19.3 Å². The van der Waals surface area contributed by atoms with Crippen LogP contribution < -0.4 is 5.09 Å². The number of unbranched alkanes of at least 4 members (excludes halogenated alkanes) is 1. The van der Waals surface area contributed by atoms with Crippen LogP contribution in [0.3, 0.4) is 0 Å². The summed E-state index contributed by atoms with van der Waals surface area (Å²) < 4.78 is 23.0. The number of benzene rings is 1. The first kappa shape index (κ1) is 25.8. The summed E-state index contributed by atoms with van der Waals surface area (Å²) in [5.74, 6) is -0.558. The smallest absolute Gasteiger partial charge is 0.305 e. The molecule has 0 radical (unpaired) electrons. The SMILES string of the molecule is COC(=O)CCC/C=C\C[C@@H]1[C@@H](CNP(=O)(CCc2ccccc2)OC)[C@H](O)C[C@@H]1O. The molecule has 174 valence electrons. The molecule has 0 bridgehead atoms. The van der Waals surface area contributed by atoms with Crippen molar-refractivity contribution in [3.63, 3.8) is 0 Å². The third-order valence-corrected chi connectivity index (χ3v) is 8.04. The van der Waals surface area contributed by atoms with Gasteiger partial charge in [0.25, 0.3) is 7.52 Å². The Balaban J connectivity index is 1.85. The number of hydrogen-bond acceptors (Lipinski definition) is 6. The van der Waals surface area contributed by atoms with Crippen molar-refractivity contribution in [2.75, 3.05) is 26.9 Å². The van der Waals surface area contributed by atoms with Gasteiger partial charge in [-0.2, -0.15) is 0 Å². The average molecular weight is 454 g/mol. The molecule has 2 rings (SSSR count). The van der Waals surface area contributed by atoms with Crippen LogP contribution in [0.4, 0.5) is 0 Å². The van der Waals surface area contributed by atoms with Crippen LogP contribution in [-0.2, 0) is 25.0 Å². The van der Waals surface area contributed by atoms with E-state index in [4.69, 9.17) is 4.52 Å². The number of ether oxygens (including phenoxy) is 1. The Bertz CT molecular complexity index is 741. The first-order valence-corrected chi connectivity index (χ1v) is 12.7. The van der Waals surface area contributed by atoms with Gasteiger partial charge in [0.2, 0.25) is 0 Å². The third kappa shape index (κ3) is 8.51. The van der Waals surface area contributed by atoms with Crippen LogP contribution in [0.15, 0.2) is 42.5 Å². The number of hydrogen-bond donors (Lipinski definition) is 3. The molecule has 5 atom stereocenters. The van der Waals surface area contributed by atoms with Gasteiger partial charge in [0, 0.05) is 32.2 Å². The Kier molecular flexibility index (Phi) is 10.9. The summed E-state index contributed by atoms with van der Waals surface area (Å²) >= 11 is 0. The number of methoxy groups -OCH3 is 1. The fourth-order valence-corrected chi connectivity index (χ4v) is 5.54. The Morgan fingerprint density at radius 1 is 1.16 bits per heavy atom. The van der Waals surface area contributed by atoms with Crippen molar-refractivity contribution in [3.05, 3.63) is 48.0 Å². The van der Waals surface area contributed by atoms with Crippen molar-refractivity contribution >= 4 is 13.5 Å². The van der Waals surface area contributed by atoms with E-state index < -0.39 is 19.7 Å². The van der Waals surface area contributed by atoms with E-state index in [0.29, 0.717) is 44.8 Å². The second kappa shape index (κ2) is 13.1. The minimum absolute atomic E-state index is 0.126. The normalized spacial score (nSPS) is 25.5. The van der Waals surface area contributed by atoms with Gasteiger partial charge in [-0.05, 0) is 43.6 Å². The number of esters is 1. The van der Waals surface area contributed by atoms with Gasteiger partial charge < -0.3 is 19.5 Å². The molecule has 8 heteroatoms. The minimum atomic E-state index is -3.05. The van der Waals surface area contributed by atoms with Gasteiger partial charge >= 0.3 is 5.97 Å². The maximum absolute atomic E-state index is 13.1. The Morgan fingerprint density at radius 3 is 2.55 bits per heavy atom. The highest BCUT2D eigenvalue weighted by Crippen LogP contribution is 2.43. The molecule has 1 unspecified atom stereocenters. The number of allylic oxidation sites excluding steroid dienone is 2. The van der Waals surface area contributed by atoms with Crippen LogP contribution in [0, 0.1) is 11.8 Å². The first-order valence-electron chi connectivity index (χ1n) is 10.9. The zero-order valence-electron chi connectivity index (χ0n) is 18.5. The molecular weight excluding hydrogens is 417 g/mol. The Labute approximate surface area is 185 Å². The lowest BCUT2D eigenvalue weighted by Crippen LogP contribution is -2.32. The van der Waals surface area contributed by atoms with E-state index >= 15 is 0 Å². The van der Waals surface area contributed by atoms with Crippen molar-refractivity contribution in [1.82, 2.24) is 5.09 Å². The number of carbonyl (C=O) groups is 1. The third-order valence-electron chi connectivity index (χ3n) is 5.98. The molecule has 7 nitrogen and oxygen atoms in total. The van der Waals surface area contributed by atoms with Crippen LogP contribution in [0.1, 0.15) is 37.7 Å². The molecule has 0 heterocycles. The molecule has 0 amide bonds. The highest BCUT2D eigenvalue weighted by molar-refractivity contribution is 7.56. The molecule has 0 saturated heterocycles. The molecule has 3 N–H and O–H groups in total. The molecule has 0 spiro atoms. The van der Waals surface area contributed by atoms with Crippen molar-refractivity contribution in [3.8, 4) is 0 Å². The summed E-state index contributed by atoms with van der Waals surface area (Å²) in [6, 6.07) is 9.82. The highest BCUT2D eigenvalue weighted by Gasteiger charge is 2.41. The molecule has 0 aromatic heterocycles. The summed E-state index contributed by atoms with van der Waals surface area (Å²) in [5, 5.41) is 23.9. The summed E-state index contributed by atoms with van der Waals surface area (Å²) in [4.78, 5) is 11.1. The summed E-state index contributed by atoms with van der Waals surface area (Å²) in [5.41, 5.74) is 1.09. The molecule has 1 aliphatic rings. The summed E-state index contributed by atoms with van der Waals surface area (Å²) in [7, 11) is -0.233. The average Bonchev–Trinajstić information content (AvgIpc) is 3.05. The second-order valence-corrected chi connectivity index (χ2v) is 10.5. The van der Waals surface area contributed by atoms with Crippen LogP contribution in [-0.4, -0.2) is 55.3 Å². The molecule has 1 fully saturated rings. The lowest BCUT2D eigenvalue weighted by atomic mass is 9.90. The lowest BCUT2D eigenvalue weighted by Gasteiger charge is -2.25. The maximum atomic E-state index is 13.1. The summed E-state index contributed by atoms with van der Waals surface area (Å²) in [6.07, 6.45) is 6.49. The molecular formula is C23H36NO6P. The lowest BCUT2D eigenvalue weighted by molar-refractivity contribution is -0.140. The van der Waals surface area contributed by atoms with Crippen molar-refractivity contribution in [2.45, 2.75) is 50.7 Å². The zero-order chi connectivity index (χ0) is 22.7. The van der Waals surface area contributed by atoms with Gasteiger partial charge in [0.15, 0.2) is 0 Å². The molecule has 1 aromatic rings. The first-order chi connectivity index (χ1) is 14.9. The van der Waals surface area contributed by atoms with Gasteiger partial charge in [-0.3, -0.25) is 9.36 Å². The van der Waals surface area contributed by atoms with Crippen molar-refractivity contribution in [2.24, 2.45) is 11.8 Å². The fraction of sp³-hybridized carbons (Fsp3) is 0.609. The standard InChI is InChI=1S/C23H36NO6P/c1-29-23(27)13-9-4-3-8-12-19-20(22(26)16-21(19)25)17-24-31(28,30-2)15-14-18-10-6-5-7-11-18/h3,5-8,10-11,19-22,25-26H,4,9,12-17H2,1-2H3,(H,24,28)/b8-3-/t19-,20-,21+,22-,31?/m1/s1. The largest absolute Gasteiger partial charge is 0.469 e. The van der Waals surface area contributed by atoms with Gasteiger partial charge in [-0.25, -0.2) is 5.09 Å². The quantitative estimate of drug-likeness (QED) is 0.182. The molecule has 1 aromatic carbocycles. The number of rotatable bonds is 13. The topological polar surface area (TPSA) is 105 Å². The van der Waals surface area contributed by atoms with Crippen LogP contribution >= 0.6 is 7.52 Å². The second-order valence-electron chi connectivity index (χ2n) is 8.05. The van der Waals surface area contributed by atoms with E-state index in [0.717, 1.165) is 12.0 Å². The molecule has 1 saturated carbocycles. The molecule has 31 heavy (non-hydrogen) atoms. The molecule has 1 aliphatic carbocycles. The van der Waals surface area contributed by atoms with E-state index in [1.54, 1.807) is 0 Å². The predicted molar refractivity (Wildman–Crippen MR) is 121 cm³/mol. The fourth-order valence-electron chi connectivity index (χ4n) is 4.02.